The fraction of sp³-hybridized carbons (Fsp3) is 0.500. The van der Waals surface area contributed by atoms with Crippen LogP contribution in [0.2, 0.25) is 0 Å². The second-order valence-electron chi connectivity index (χ2n) is 9.66. The van der Waals surface area contributed by atoms with E-state index in [1.165, 1.54) is 22.7 Å². The summed E-state index contributed by atoms with van der Waals surface area (Å²) in [5, 5.41) is 9.74. The van der Waals surface area contributed by atoms with E-state index in [-0.39, 0.29) is 37.5 Å². The highest BCUT2D eigenvalue weighted by Crippen LogP contribution is 2.26. The van der Waals surface area contributed by atoms with Gasteiger partial charge in [-0.2, -0.15) is 0 Å². The highest BCUT2D eigenvalue weighted by molar-refractivity contribution is 7.10. The number of amides is 2. The second kappa shape index (κ2) is 12.5. The number of carbonyl (C=O) groups is 4. The standard InChI is InChI=1S/C24H28B2N2O8S2/c29-21(13-17-3-1-9-37-17)27-19-7-5-15-11-24(32)36-26(34-15)20(28-22(30)14-18-4-2-10-38-18)8-6-16-12-23(31)35-25(19)33-16/h1-4,9-10,15-16,19-20H,5-8,11-14H2,(H,27,29)(H,28,30). The minimum absolute atomic E-state index is 0.0517. The third-order valence-corrected chi connectivity index (χ3v) is 8.47. The number of nitrogens with one attached hydrogen (secondary N) is 2. The molecule has 10 nitrogen and oxygen atoms in total. The van der Waals surface area contributed by atoms with Crippen molar-refractivity contribution in [3.8, 4) is 0 Å². The van der Waals surface area contributed by atoms with Crippen LogP contribution in [-0.2, 0) is 50.6 Å². The number of fused-ring (bicyclic) bond motifs is 4. The van der Waals surface area contributed by atoms with Crippen molar-refractivity contribution in [2.45, 2.75) is 75.5 Å². The van der Waals surface area contributed by atoms with Crippen LogP contribution in [0.4, 0.5) is 0 Å². The van der Waals surface area contributed by atoms with Gasteiger partial charge in [-0.3, -0.25) is 19.2 Å². The SMILES string of the molecule is O=C(Cc1cccs1)NC1CCC2CC(=O)OB(O2)C(NC(=O)Cc2cccs2)CCC2CC(=O)OB1O2. The molecule has 5 heterocycles. The molecule has 3 fully saturated rings. The fourth-order valence-corrected chi connectivity index (χ4v) is 6.30. The molecule has 200 valence electrons. The van der Waals surface area contributed by atoms with Crippen LogP contribution in [0.1, 0.15) is 48.3 Å². The fourth-order valence-electron chi connectivity index (χ4n) is 4.89. The van der Waals surface area contributed by atoms with E-state index in [9.17, 15) is 19.2 Å². The lowest BCUT2D eigenvalue weighted by atomic mass is 9.70. The zero-order valence-corrected chi connectivity index (χ0v) is 22.3. The molecule has 3 saturated heterocycles. The molecule has 4 bridgehead atoms. The molecule has 0 radical (unpaired) electrons. The van der Waals surface area contributed by atoms with Crippen LogP contribution in [0, 0.1) is 0 Å². The van der Waals surface area contributed by atoms with Gasteiger partial charge in [0.15, 0.2) is 0 Å². The van der Waals surface area contributed by atoms with Gasteiger partial charge in [0.2, 0.25) is 11.8 Å². The van der Waals surface area contributed by atoms with Crippen molar-refractivity contribution in [1.29, 1.82) is 0 Å². The van der Waals surface area contributed by atoms with Gasteiger partial charge in [-0.15, -0.1) is 22.7 Å². The molecule has 3 aliphatic heterocycles. The molecule has 0 saturated carbocycles. The minimum atomic E-state index is -0.953. The largest absolute Gasteiger partial charge is 0.551 e. The molecular weight excluding hydrogens is 530 g/mol. The van der Waals surface area contributed by atoms with E-state index in [0.29, 0.717) is 25.7 Å². The summed E-state index contributed by atoms with van der Waals surface area (Å²) in [4.78, 5) is 52.4. The Bertz CT molecular complexity index is 1040. The van der Waals surface area contributed by atoms with E-state index in [1.54, 1.807) is 0 Å². The minimum Gasteiger partial charge on any atom is -0.508 e. The predicted octanol–water partition coefficient (Wildman–Crippen LogP) is 1.86. The molecule has 14 heteroatoms. The molecule has 0 spiro atoms. The van der Waals surface area contributed by atoms with Gasteiger partial charge in [0.1, 0.15) is 0 Å². The molecule has 5 rings (SSSR count). The maximum Gasteiger partial charge on any atom is 0.551 e. The number of hydrogen-bond donors (Lipinski definition) is 2. The summed E-state index contributed by atoms with van der Waals surface area (Å²) in [6.45, 7) is 0. The molecule has 0 aromatic carbocycles. The Morgan fingerprint density at radius 2 is 1.21 bits per heavy atom. The molecule has 0 aliphatic carbocycles. The monoisotopic (exact) mass is 558 g/mol. The summed E-state index contributed by atoms with van der Waals surface area (Å²) in [6.07, 6.45) is 1.07. The van der Waals surface area contributed by atoms with Crippen molar-refractivity contribution >= 4 is 60.7 Å². The average Bonchev–Trinajstić information content (AvgIpc) is 3.57. The van der Waals surface area contributed by atoms with Crippen LogP contribution in [0.25, 0.3) is 0 Å². The van der Waals surface area contributed by atoms with Crippen LogP contribution in [-0.4, -0.2) is 62.1 Å². The Labute approximate surface area is 229 Å². The highest BCUT2D eigenvalue weighted by atomic mass is 32.1. The first-order chi connectivity index (χ1) is 18.4. The van der Waals surface area contributed by atoms with Crippen molar-refractivity contribution in [3.63, 3.8) is 0 Å². The quantitative estimate of drug-likeness (QED) is 0.515. The zero-order chi connectivity index (χ0) is 26.5. The Morgan fingerprint density at radius 1 is 0.763 bits per heavy atom. The molecule has 2 amide bonds. The lowest BCUT2D eigenvalue weighted by Gasteiger charge is -2.36. The van der Waals surface area contributed by atoms with Gasteiger partial charge in [-0.1, -0.05) is 12.1 Å². The van der Waals surface area contributed by atoms with Crippen LogP contribution in [0.15, 0.2) is 35.0 Å². The summed E-state index contributed by atoms with van der Waals surface area (Å²) < 4.78 is 23.3. The summed E-state index contributed by atoms with van der Waals surface area (Å²) in [5.74, 6) is -2.42. The van der Waals surface area contributed by atoms with Crippen LogP contribution in [0.5, 0.6) is 0 Å². The van der Waals surface area contributed by atoms with E-state index in [0.717, 1.165) is 9.75 Å². The van der Waals surface area contributed by atoms with Gasteiger partial charge in [0, 0.05) is 9.75 Å². The van der Waals surface area contributed by atoms with Gasteiger partial charge in [-0.05, 0) is 48.6 Å². The van der Waals surface area contributed by atoms with Crippen molar-refractivity contribution < 1.29 is 37.8 Å². The summed E-state index contributed by atoms with van der Waals surface area (Å²) in [7, 11) is -1.91. The lowest BCUT2D eigenvalue weighted by Crippen LogP contribution is -2.57. The smallest absolute Gasteiger partial charge is 0.508 e. The number of rotatable bonds is 6. The molecule has 4 atom stereocenters. The molecule has 38 heavy (non-hydrogen) atoms. The van der Waals surface area contributed by atoms with Crippen LogP contribution in [0.3, 0.4) is 0 Å². The van der Waals surface area contributed by atoms with Crippen LogP contribution >= 0.6 is 22.7 Å². The maximum absolute atomic E-state index is 12.8. The van der Waals surface area contributed by atoms with Gasteiger partial charge in [0.05, 0.1) is 49.8 Å². The predicted molar refractivity (Wildman–Crippen MR) is 141 cm³/mol. The van der Waals surface area contributed by atoms with Gasteiger partial charge in [-0.25, -0.2) is 0 Å². The first-order valence-electron chi connectivity index (χ1n) is 12.7. The topological polar surface area (TPSA) is 129 Å². The Balaban J connectivity index is 1.30. The third-order valence-electron chi connectivity index (χ3n) is 6.72. The molecule has 4 unspecified atom stereocenters. The number of carbonyl (C=O) groups excluding carboxylic acids is 4. The Morgan fingerprint density at radius 3 is 1.61 bits per heavy atom. The van der Waals surface area contributed by atoms with E-state index >= 15 is 0 Å². The summed E-state index contributed by atoms with van der Waals surface area (Å²) >= 11 is 2.98. The molecule has 2 aromatic rings. The molecule has 2 N–H and O–H groups in total. The van der Waals surface area contributed by atoms with Crippen molar-refractivity contribution in [3.05, 3.63) is 44.8 Å². The number of thiophene rings is 2. The van der Waals surface area contributed by atoms with Crippen molar-refractivity contribution in [1.82, 2.24) is 10.6 Å². The maximum atomic E-state index is 12.8. The number of hydrogen-bond acceptors (Lipinski definition) is 10. The van der Waals surface area contributed by atoms with Gasteiger partial charge < -0.3 is 29.3 Å². The highest BCUT2D eigenvalue weighted by Gasteiger charge is 2.46. The third kappa shape index (κ3) is 7.25. The summed E-state index contributed by atoms with van der Waals surface area (Å²) in [5.41, 5.74) is 0. The van der Waals surface area contributed by atoms with E-state index in [2.05, 4.69) is 10.6 Å². The second-order valence-corrected chi connectivity index (χ2v) is 11.7. The van der Waals surface area contributed by atoms with E-state index in [4.69, 9.17) is 18.6 Å². The zero-order valence-electron chi connectivity index (χ0n) is 20.7. The average molecular weight is 558 g/mol. The van der Waals surface area contributed by atoms with Crippen molar-refractivity contribution in [2.75, 3.05) is 0 Å². The van der Waals surface area contributed by atoms with E-state index < -0.39 is 50.3 Å². The Kier molecular flexibility index (Phi) is 8.82. The molecule has 2 aromatic heterocycles. The van der Waals surface area contributed by atoms with Crippen LogP contribution < -0.4 is 10.6 Å². The van der Waals surface area contributed by atoms with Gasteiger partial charge >= 0.3 is 14.2 Å². The molecule has 3 aliphatic rings. The Hall–Kier alpha value is -2.67. The van der Waals surface area contributed by atoms with Crippen molar-refractivity contribution in [2.24, 2.45) is 0 Å². The van der Waals surface area contributed by atoms with Gasteiger partial charge in [0.25, 0.3) is 11.9 Å². The normalized spacial score (nSPS) is 25.9. The lowest BCUT2D eigenvalue weighted by molar-refractivity contribution is -0.144. The first-order valence-corrected chi connectivity index (χ1v) is 14.5. The molecular formula is C24H28B2N2O8S2. The van der Waals surface area contributed by atoms with E-state index in [1.807, 2.05) is 35.0 Å². The first kappa shape index (κ1) is 26.9. The summed E-state index contributed by atoms with van der Waals surface area (Å²) in [6, 6.07) is 7.53.